The van der Waals surface area contributed by atoms with E-state index in [-0.39, 0.29) is 11.8 Å². The van der Waals surface area contributed by atoms with Gasteiger partial charge in [-0.3, -0.25) is 4.79 Å². The zero-order valence-corrected chi connectivity index (χ0v) is 10.5. The molecule has 0 spiro atoms. The van der Waals surface area contributed by atoms with Crippen LogP contribution in [0.4, 0.5) is 0 Å². The molecule has 2 aromatic rings. The molecule has 1 unspecified atom stereocenters. The molecular formula is C16H15NO2. The number of amides is 1. The van der Waals surface area contributed by atoms with Crippen LogP contribution in [0, 0.1) is 0 Å². The van der Waals surface area contributed by atoms with E-state index in [0.29, 0.717) is 13.0 Å². The molecule has 1 aliphatic carbocycles. The Balaban J connectivity index is 1.58. The molecule has 1 aromatic carbocycles. The molecule has 1 atom stereocenters. The lowest BCUT2D eigenvalue weighted by atomic mass is 9.97. The molecule has 1 heterocycles. The third-order valence-corrected chi connectivity index (χ3v) is 3.35. The summed E-state index contributed by atoms with van der Waals surface area (Å²) < 4.78 is 5.18. The van der Waals surface area contributed by atoms with E-state index in [1.165, 1.54) is 11.1 Å². The van der Waals surface area contributed by atoms with Crippen molar-refractivity contribution in [3.63, 3.8) is 0 Å². The van der Waals surface area contributed by atoms with Gasteiger partial charge in [-0.1, -0.05) is 36.4 Å². The Morgan fingerprint density at radius 2 is 2.11 bits per heavy atom. The Morgan fingerprint density at radius 3 is 2.95 bits per heavy atom. The van der Waals surface area contributed by atoms with Crippen molar-refractivity contribution in [2.75, 3.05) is 0 Å². The zero-order valence-electron chi connectivity index (χ0n) is 10.5. The van der Waals surface area contributed by atoms with E-state index in [2.05, 4.69) is 29.6 Å². The fourth-order valence-electron chi connectivity index (χ4n) is 2.37. The monoisotopic (exact) mass is 253 g/mol. The molecule has 96 valence electrons. The molecule has 0 radical (unpaired) electrons. The summed E-state index contributed by atoms with van der Waals surface area (Å²) in [4.78, 5) is 11.9. The molecule has 3 heteroatoms. The molecule has 0 aliphatic heterocycles. The first-order chi connectivity index (χ1) is 9.33. The maximum atomic E-state index is 11.9. The minimum absolute atomic E-state index is 0.0442. The molecule has 0 bridgehead atoms. The highest BCUT2D eigenvalue weighted by molar-refractivity contribution is 5.78. The van der Waals surface area contributed by atoms with Gasteiger partial charge in [-0.25, -0.2) is 0 Å². The van der Waals surface area contributed by atoms with Gasteiger partial charge in [-0.15, -0.1) is 0 Å². The van der Waals surface area contributed by atoms with Crippen molar-refractivity contribution in [1.29, 1.82) is 0 Å². The second-order valence-corrected chi connectivity index (χ2v) is 4.65. The van der Waals surface area contributed by atoms with Crippen LogP contribution in [-0.2, 0) is 11.3 Å². The van der Waals surface area contributed by atoms with Crippen molar-refractivity contribution in [3.8, 4) is 0 Å². The summed E-state index contributed by atoms with van der Waals surface area (Å²) >= 11 is 0. The van der Waals surface area contributed by atoms with Crippen molar-refractivity contribution in [2.45, 2.75) is 18.9 Å². The fourth-order valence-corrected chi connectivity index (χ4v) is 2.37. The molecule has 1 aromatic heterocycles. The smallest absolute Gasteiger partial charge is 0.221 e. The number of benzene rings is 1. The number of furan rings is 1. The van der Waals surface area contributed by atoms with Crippen LogP contribution in [0.15, 0.2) is 53.2 Å². The number of fused-ring (bicyclic) bond motifs is 1. The number of hydrogen-bond acceptors (Lipinski definition) is 2. The summed E-state index contributed by atoms with van der Waals surface area (Å²) in [7, 11) is 0. The highest BCUT2D eigenvalue weighted by Gasteiger charge is 2.19. The average Bonchev–Trinajstić information content (AvgIpc) is 3.07. The molecule has 1 aliphatic rings. The predicted molar refractivity (Wildman–Crippen MR) is 73.4 cm³/mol. The topological polar surface area (TPSA) is 42.2 Å². The number of nitrogens with one attached hydrogen (secondary N) is 1. The zero-order chi connectivity index (χ0) is 13.1. The third kappa shape index (κ3) is 2.60. The highest BCUT2D eigenvalue weighted by Crippen LogP contribution is 2.31. The maximum Gasteiger partial charge on any atom is 0.221 e. The van der Waals surface area contributed by atoms with Crippen LogP contribution in [0.25, 0.3) is 6.08 Å². The normalized spacial score (nSPS) is 16.3. The van der Waals surface area contributed by atoms with Crippen LogP contribution in [0.5, 0.6) is 0 Å². The molecule has 1 N–H and O–H groups in total. The maximum absolute atomic E-state index is 11.9. The van der Waals surface area contributed by atoms with E-state index in [0.717, 1.165) is 5.76 Å². The summed E-state index contributed by atoms with van der Waals surface area (Å²) in [6.07, 6.45) is 6.27. The summed E-state index contributed by atoms with van der Waals surface area (Å²) in [5.74, 6) is 1.01. The third-order valence-electron chi connectivity index (χ3n) is 3.35. The Morgan fingerprint density at radius 1 is 1.21 bits per heavy atom. The molecule has 0 fully saturated rings. The first kappa shape index (κ1) is 11.8. The number of hydrogen-bond donors (Lipinski definition) is 1. The predicted octanol–water partition coefficient (Wildman–Crippen LogP) is 3.10. The molecule has 3 nitrogen and oxygen atoms in total. The van der Waals surface area contributed by atoms with Gasteiger partial charge < -0.3 is 9.73 Å². The van der Waals surface area contributed by atoms with Crippen molar-refractivity contribution < 1.29 is 9.21 Å². The minimum atomic E-state index is 0.0442. The second-order valence-electron chi connectivity index (χ2n) is 4.65. The van der Waals surface area contributed by atoms with Gasteiger partial charge in [0.15, 0.2) is 0 Å². The van der Waals surface area contributed by atoms with Gasteiger partial charge in [0.2, 0.25) is 5.91 Å². The standard InChI is InChI=1S/C16H15NO2/c18-16(17-11-14-5-3-9-19-14)10-13-8-7-12-4-1-2-6-15(12)13/h1-9,13H,10-11H2,(H,17,18). The summed E-state index contributed by atoms with van der Waals surface area (Å²) in [6.45, 7) is 0.448. The van der Waals surface area contributed by atoms with Gasteiger partial charge in [0.05, 0.1) is 12.8 Å². The van der Waals surface area contributed by atoms with E-state index >= 15 is 0 Å². The second kappa shape index (κ2) is 5.14. The largest absolute Gasteiger partial charge is 0.467 e. The SMILES string of the molecule is O=C(CC1C=Cc2ccccc21)NCc1ccco1. The lowest BCUT2D eigenvalue weighted by Gasteiger charge is -2.10. The summed E-state index contributed by atoms with van der Waals surface area (Å²) in [5, 5.41) is 2.88. The molecule has 3 rings (SSSR count). The van der Waals surface area contributed by atoms with E-state index in [4.69, 9.17) is 4.42 Å². The van der Waals surface area contributed by atoms with Crippen molar-refractivity contribution in [2.24, 2.45) is 0 Å². The Kier molecular flexibility index (Phi) is 3.19. The van der Waals surface area contributed by atoms with Crippen molar-refractivity contribution in [3.05, 3.63) is 65.6 Å². The minimum Gasteiger partial charge on any atom is -0.467 e. The van der Waals surface area contributed by atoms with Gasteiger partial charge in [0.1, 0.15) is 5.76 Å². The van der Waals surface area contributed by atoms with Crippen LogP contribution in [-0.4, -0.2) is 5.91 Å². The fraction of sp³-hybridized carbons (Fsp3) is 0.188. The summed E-state index contributed by atoms with van der Waals surface area (Å²) in [6, 6.07) is 11.9. The van der Waals surface area contributed by atoms with E-state index in [9.17, 15) is 4.79 Å². The molecule has 1 amide bonds. The first-order valence-electron chi connectivity index (χ1n) is 6.39. The lowest BCUT2D eigenvalue weighted by Crippen LogP contribution is -2.23. The molecule has 0 saturated heterocycles. The van der Waals surface area contributed by atoms with Crippen molar-refractivity contribution >= 4 is 12.0 Å². The van der Waals surface area contributed by atoms with E-state index < -0.39 is 0 Å². The molecule has 0 saturated carbocycles. The Bertz CT molecular complexity index is 599. The number of rotatable bonds is 4. The molecular weight excluding hydrogens is 238 g/mol. The van der Waals surface area contributed by atoms with Crippen LogP contribution < -0.4 is 5.32 Å². The van der Waals surface area contributed by atoms with Crippen LogP contribution in [0.3, 0.4) is 0 Å². The van der Waals surface area contributed by atoms with E-state index in [1.54, 1.807) is 6.26 Å². The van der Waals surface area contributed by atoms with Crippen LogP contribution in [0.2, 0.25) is 0 Å². The van der Waals surface area contributed by atoms with Gasteiger partial charge >= 0.3 is 0 Å². The van der Waals surface area contributed by atoms with Crippen LogP contribution >= 0.6 is 0 Å². The first-order valence-corrected chi connectivity index (χ1v) is 6.39. The van der Waals surface area contributed by atoms with Gasteiger partial charge in [-0.2, -0.15) is 0 Å². The Hall–Kier alpha value is -2.29. The van der Waals surface area contributed by atoms with Gasteiger partial charge in [0.25, 0.3) is 0 Å². The quantitative estimate of drug-likeness (QED) is 0.909. The average molecular weight is 253 g/mol. The van der Waals surface area contributed by atoms with Crippen molar-refractivity contribution in [1.82, 2.24) is 5.32 Å². The van der Waals surface area contributed by atoms with E-state index in [1.807, 2.05) is 24.3 Å². The van der Waals surface area contributed by atoms with Crippen LogP contribution in [0.1, 0.15) is 29.2 Å². The molecule has 19 heavy (non-hydrogen) atoms. The Labute approximate surface area is 111 Å². The number of allylic oxidation sites excluding steroid dienone is 1. The van der Waals surface area contributed by atoms with Gasteiger partial charge in [0, 0.05) is 12.3 Å². The lowest BCUT2D eigenvalue weighted by molar-refractivity contribution is -0.121. The number of carbonyl (C=O) groups is 1. The van der Waals surface area contributed by atoms with Gasteiger partial charge in [-0.05, 0) is 23.3 Å². The number of carbonyl (C=O) groups excluding carboxylic acids is 1. The highest BCUT2D eigenvalue weighted by atomic mass is 16.3. The summed E-state index contributed by atoms with van der Waals surface area (Å²) in [5.41, 5.74) is 2.45.